The molecule has 1 amide bonds. The summed E-state index contributed by atoms with van der Waals surface area (Å²) in [4.78, 5) is 16.8. The van der Waals surface area contributed by atoms with Crippen LogP contribution in [0.25, 0.3) is 5.82 Å². The molecule has 0 aliphatic rings. The molecular formula is C20H16F3N5O. The zero-order valence-electron chi connectivity index (χ0n) is 15.4. The lowest BCUT2D eigenvalue weighted by Gasteiger charge is -2.11. The molecule has 0 saturated carbocycles. The number of anilines is 1. The van der Waals surface area contributed by atoms with E-state index in [-0.39, 0.29) is 17.2 Å². The van der Waals surface area contributed by atoms with Crippen molar-refractivity contribution in [2.45, 2.75) is 25.9 Å². The first kappa shape index (κ1) is 20.1. The molecule has 0 aliphatic carbocycles. The minimum atomic E-state index is -4.65. The number of pyridine rings is 1. The Morgan fingerprint density at radius 1 is 1.21 bits per heavy atom. The lowest BCUT2D eigenvalue weighted by Crippen LogP contribution is -2.19. The molecular weight excluding hydrogens is 383 g/mol. The number of alkyl halides is 3. The monoisotopic (exact) mass is 399 g/mol. The van der Waals surface area contributed by atoms with Crippen molar-refractivity contribution in [3.63, 3.8) is 0 Å². The van der Waals surface area contributed by atoms with Gasteiger partial charge in [-0.25, -0.2) is 9.67 Å². The van der Waals surface area contributed by atoms with Crippen LogP contribution in [0.15, 0.2) is 48.7 Å². The van der Waals surface area contributed by atoms with Crippen molar-refractivity contribution in [1.29, 1.82) is 5.26 Å². The smallest absolute Gasteiger partial charge is 0.305 e. The second-order valence-electron chi connectivity index (χ2n) is 6.18. The van der Waals surface area contributed by atoms with Gasteiger partial charge in [0.1, 0.15) is 6.07 Å². The minimum Gasteiger partial charge on any atom is -0.305 e. The Balaban J connectivity index is 1.88. The van der Waals surface area contributed by atoms with Crippen LogP contribution in [0.2, 0.25) is 0 Å². The van der Waals surface area contributed by atoms with Crippen LogP contribution in [0.1, 0.15) is 40.5 Å². The predicted molar refractivity (Wildman–Crippen MR) is 99.5 cm³/mol. The third kappa shape index (κ3) is 4.43. The largest absolute Gasteiger partial charge is 0.417 e. The number of hydrogen-bond acceptors (Lipinski definition) is 4. The molecule has 0 saturated heterocycles. The van der Waals surface area contributed by atoms with Gasteiger partial charge in [0.15, 0.2) is 11.6 Å². The molecule has 29 heavy (non-hydrogen) atoms. The fraction of sp³-hybridized carbons (Fsp3) is 0.200. The average Bonchev–Trinajstić information content (AvgIpc) is 3.16. The molecule has 1 aromatic carbocycles. The number of carbonyl (C=O) groups excluding carboxylic acids is 1. The first-order valence-corrected chi connectivity index (χ1v) is 8.77. The molecule has 0 bridgehead atoms. The minimum absolute atomic E-state index is 0.0403. The number of halogens is 3. The molecule has 3 rings (SSSR count). The first-order chi connectivity index (χ1) is 13.8. The van der Waals surface area contributed by atoms with Crippen molar-refractivity contribution in [2.75, 3.05) is 5.32 Å². The topological polar surface area (TPSA) is 83.6 Å². The molecule has 0 radical (unpaired) electrons. The third-order valence-electron chi connectivity index (χ3n) is 4.08. The second-order valence-corrected chi connectivity index (χ2v) is 6.18. The van der Waals surface area contributed by atoms with Gasteiger partial charge in [-0.2, -0.15) is 18.4 Å². The summed E-state index contributed by atoms with van der Waals surface area (Å²) in [6.45, 7) is 2.00. The van der Waals surface area contributed by atoms with Crippen LogP contribution < -0.4 is 5.32 Å². The van der Waals surface area contributed by atoms with Gasteiger partial charge in [-0.3, -0.25) is 4.79 Å². The van der Waals surface area contributed by atoms with Crippen molar-refractivity contribution < 1.29 is 18.0 Å². The van der Waals surface area contributed by atoms with Gasteiger partial charge in [-0.05, 0) is 30.7 Å². The number of carbonyl (C=O) groups is 1. The Kier molecular flexibility index (Phi) is 5.64. The van der Waals surface area contributed by atoms with Crippen molar-refractivity contribution in [3.8, 4) is 11.9 Å². The summed E-state index contributed by atoms with van der Waals surface area (Å²) in [6.07, 6.45) is -1.59. The fourth-order valence-electron chi connectivity index (χ4n) is 2.77. The van der Waals surface area contributed by atoms with E-state index in [9.17, 15) is 23.2 Å². The summed E-state index contributed by atoms with van der Waals surface area (Å²) in [5.74, 6) is -0.607. The summed E-state index contributed by atoms with van der Waals surface area (Å²) in [6, 6.07) is 11.3. The Morgan fingerprint density at radius 3 is 2.66 bits per heavy atom. The van der Waals surface area contributed by atoms with E-state index in [4.69, 9.17) is 0 Å². The molecule has 0 atom stereocenters. The quantitative estimate of drug-likeness (QED) is 0.691. The van der Waals surface area contributed by atoms with Gasteiger partial charge in [0, 0.05) is 18.0 Å². The number of benzene rings is 1. The highest BCUT2D eigenvalue weighted by Gasteiger charge is 2.34. The molecule has 0 unspecified atom stereocenters. The summed E-state index contributed by atoms with van der Waals surface area (Å²) in [7, 11) is 0. The number of nitriles is 1. The molecule has 0 spiro atoms. The van der Waals surface area contributed by atoms with Crippen LogP contribution in [0.5, 0.6) is 0 Å². The first-order valence-electron chi connectivity index (χ1n) is 8.77. The average molecular weight is 399 g/mol. The highest BCUT2D eigenvalue weighted by Crippen LogP contribution is 2.32. The number of aromatic nitrogens is 3. The number of nitrogens with one attached hydrogen (secondary N) is 1. The third-order valence-corrected chi connectivity index (χ3v) is 4.08. The van der Waals surface area contributed by atoms with Gasteiger partial charge in [0.25, 0.3) is 5.91 Å². The molecule has 2 heterocycles. The maximum Gasteiger partial charge on any atom is 0.417 e. The van der Waals surface area contributed by atoms with Crippen molar-refractivity contribution in [3.05, 3.63) is 71.0 Å². The van der Waals surface area contributed by atoms with E-state index >= 15 is 0 Å². The SMILES string of the molecule is CCCc1ccc(C#N)c(-n2ccc(NC(=O)c3ccccc3C(F)(F)F)n2)n1. The maximum atomic E-state index is 13.1. The van der Waals surface area contributed by atoms with Gasteiger partial charge in [-0.15, -0.1) is 5.10 Å². The van der Waals surface area contributed by atoms with Crippen molar-refractivity contribution in [2.24, 2.45) is 0 Å². The van der Waals surface area contributed by atoms with Gasteiger partial charge in [0.2, 0.25) is 0 Å². The predicted octanol–water partition coefficient (Wildman–Crippen LogP) is 4.36. The van der Waals surface area contributed by atoms with E-state index < -0.39 is 23.2 Å². The normalized spacial score (nSPS) is 11.1. The lowest BCUT2D eigenvalue weighted by atomic mass is 10.1. The van der Waals surface area contributed by atoms with E-state index in [0.717, 1.165) is 30.7 Å². The van der Waals surface area contributed by atoms with Crippen LogP contribution in [0.3, 0.4) is 0 Å². The van der Waals surface area contributed by atoms with Crippen LogP contribution in [0, 0.1) is 11.3 Å². The summed E-state index contributed by atoms with van der Waals surface area (Å²) < 4.78 is 40.7. The highest BCUT2D eigenvalue weighted by atomic mass is 19.4. The molecule has 148 valence electrons. The molecule has 1 N–H and O–H groups in total. The second kappa shape index (κ2) is 8.14. The van der Waals surface area contributed by atoms with Crippen molar-refractivity contribution in [1.82, 2.24) is 14.8 Å². The zero-order chi connectivity index (χ0) is 21.0. The van der Waals surface area contributed by atoms with E-state index in [1.54, 1.807) is 12.1 Å². The summed E-state index contributed by atoms with van der Waals surface area (Å²) in [5, 5.41) is 15.8. The number of rotatable bonds is 5. The van der Waals surface area contributed by atoms with E-state index in [2.05, 4.69) is 15.4 Å². The van der Waals surface area contributed by atoms with Gasteiger partial charge < -0.3 is 5.32 Å². The number of amides is 1. The lowest BCUT2D eigenvalue weighted by molar-refractivity contribution is -0.137. The van der Waals surface area contributed by atoms with Crippen LogP contribution in [-0.2, 0) is 12.6 Å². The summed E-state index contributed by atoms with van der Waals surface area (Å²) in [5.41, 5.74) is -0.470. The Bertz CT molecular complexity index is 1080. The van der Waals surface area contributed by atoms with Crippen LogP contribution in [0.4, 0.5) is 19.0 Å². The number of hydrogen-bond donors (Lipinski definition) is 1. The van der Waals surface area contributed by atoms with Crippen LogP contribution in [-0.4, -0.2) is 20.7 Å². The summed E-state index contributed by atoms with van der Waals surface area (Å²) >= 11 is 0. The Morgan fingerprint density at radius 2 is 1.97 bits per heavy atom. The fourth-order valence-corrected chi connectivity index (χ4v) is 2.77. The van der Waals surface area contributed by atoms with Gasteiger partial charge >= 0.3 is 6.18 Å². The van der Waals surface area contributed by atoms with E-state index in [1.165, 1.54) is 29.1 Å². The van der Waals surface area contributed by atoms with Gasteiger partial charge in [0.05, 0.1) is 16.7 Å². The molecule has 9 heteroatoms. The Hall–Kier alpha value is -3.67. The maximum absolute atomic E-state index is 13.1. The molecule has 6 nitrogen and oxygen atoms in total. The molecule has 3 aromatic rings. The zero-order valence-corrected chi connectivity index (χ0v) is 15.4. The van der Waals surface area contributed by atoms with Crippen molar-refractivity contribution >= 4 is 11.7 Å². The standard InChI is InChI=1S/C20H16F3N5O/c1-2-5-14-9-8-13(12-24)18(25-14)28-11-10-17(27-28)26-19(29)15-6-3-4-7-16(15)20(21,22)23/h3-4,6-11H,2,5H2,1H3,(H,26,27,29). The van der Waals surface area contributed by atoms with Crippen LogP contribution >= 0.6 is 0 Å². The number of nitrogens with zero attached hydrogens (tertiary/aromatic N) is 4. The van der Waals surface area contributed by atoms with Gasteiger partial charge in [-0.1, -0.05) is 25.5 Å². The van der Waals surface area contributed by atoms with E-state index in [0.29, 0.717) is 0 Å². The molecule has 0 aliphatic heterocycles. The van der Waals surface area contributed by atoms with E-state index in [1.807, 2.05) is 13.0 Å². The highest BCUT2D eigenvalue weighted by molar-refractivity contribution is 6.04. The molecule has 0 fully saturated rings. The molecule has 2 aromatic heterocycles. The Labute approximate surface area is 164 Å². The number of aryl methyl sites for hydroxylation is 1.